The fourth-order valence-electron chi connectivity index (χ4n) is 1.67. The van der Waals surface area contributed by atoms with Crippen LogP contribution >= 0.6 is 24.8 Å². The summed E-state index contributed by atoms with van der Waals surface area (Å²) < 4.78 is 0.614. The van der Waals surface area contributed by atoms with Gasteiger partial charge in [-0.25, -0.2) is 0 Å². The minimum atomic E-state index is 0.614. The molecule has 1 nitrogen and oxygen atoms in total. The summed E-state index contributed by atoms with van der Waals surface area (Å²) in [5, 5.41) is 0. The van der Waals surface area contributed by atoms with Crippen molar-refractivity contribution in [1.82, 2.24) is 4.90 Å². The van der Waals surface area contributed by atoms with Gasteiger partial charge < -0.3 is 4.90 Å². The predicted molar refractivity (Wildman–Crippen MR) is 79.2 cm³/mol. The van der Waals surface area contributed by atoms with Crippen molar-refractivity contribution in [2.75, 3.05) is 6.54 Å². The van der Waals surface area contributed by atoms with Gasteiger partial charge in [-0.05, 0) is 17.7 Å². The average Bonchev–Trinajstić information content (AvgIpc) is 2.82. The third kappa shape index (κ3) is 3.60. The van der Waals surface area contributed by atoms with E-state index in [2.05, 4.69) is 35.4 Å². The van der Waals surface area contributed by atoms with Crippen LogP contribution in [0.15, 0.2) is 59.9 Å². The van der Waals surface area contributed by atoms with Gasteiger partial charge in [0, 0.05) is 12.1 Å². The molecule has 0 heterocycles. The molecule has 1 aliphatic rings. The topological polar surface area (TPSA) is 3.24 Å². The first kappa shape index (κ1) is 12.2. The summed E-state index contributed by atoms with van der Waals surface area (Å²) in [7, 11) is 0. The van der Waals surface area contributed by atoms with Crippen molar-refractivity contribution >= 4 is 29.2 Å². The molecule has 0 spiro atoms. The van der Waals surface area contributed by atoms with Crippen LogP contribution in [0.5, 0.6) is 0 Å². The summed E-state index contributed by atoms with van der Waals surface area (Å²) in [6, 6.07) is 10.3. The molecule has 0 radical (unpaired) electrons. The van der Waals surface area contributed by atoms with E-state index in [1.54, 1.807) is 0 Å². The molecule has 86 valence electrons. The smallest absolute Gasteiger partial charge is 0.133 e. The maximum atomic E-state index is 5.17. The van der Waals surface area contributed by atoms with E-state index in [0.717, 1.165) is 18.7 Å². The number of nitrogens with zero attached hydrogens (tertiary/aromatic N) is 1. The standard InChI is InChI=1S/C14H13NS2/c16-14(17)15(11-13-8-4-5-9-13)10-12-6-2-1-3-7-12/h1-8H,10-11H2,(H,16,17). The first-order chi connectivity index (χ1) is 8.25. The van der Waals surface area contributed by atoms with Gasteiger partial charge in [-0.3, -0.25) is 0 Å². The highest BCUT2D eigenvalue weighted by atomic mass is 32.1. The Labute approximate surface area is 113 Å². The Morgan fingerprint density at radius 2 is 2.00 bits per heavy atom. The molecule has 0 bridgehead atoms. The van der Waals surface area contributed by atoms with Crippen LogP contribution < -0.4 is 0 Å². The van der Waals surface area contributed by atoms with E-state index in [1.807, 2.05) is 36.4 Å². The SMILES string of the molecule is S=C(S)N(CC1=C=CC=C1)Cc1ccccc1. The summed E-state index contributed by atoms with van der Waals surface area (Å²) in [4.78, 5) is 2.06. The van der Waals surface area contributed by atoms with Crippen LogP contribution in [0, 0.1) is 0 Å². The zero-order valence-electron chi connectivity index (χ0n) is 9.34. The molecule has 1 aromatic rings. The largest absolute Gasteiger partial charge is 0.348 e. The van der Waals surface area contributed by atoms with Crippen molar-refractivity contribution in [3.8, 4) is 0 Å². The first-order valence-electron chi connectivity index (χ1n) is 5.40. The third-order valence-corrected chi connectivity index (χ3v) is 3.05. The van der Waals surface area contributed by atoms with Crippen molar-refractivity contribution in [3.05, 3.63) is 65.4 Å². The molecule has 1 aromatic carbocycles. The molecular formula is C14H13NS2. The van der Waals surface area contributed by atoms with E-state index < -0.39 is 0 Å². The molecule has 0 unspecified atom stereocenters. The molecule has 0 atom stereocenters. The second-order valence-corrected chi connectivity index (χ2v) is 4.93. The predicted octanol–water partition coefficient (Wildman–Crippen LogP) is 3.35. The second-order valence-electron chi connectivity index (χ2n) is 3.82. The van der Waals surface area contributed by atoms with Crippen molar-refractivity contribution in [1.29, 1.82) is 0 Å². The van der Waals surface area contributed by atoms with Gasteiger partial charge in [0.25, 0.3) is 0 Å². The zero-order chi connectivity index (χ0) is 12.1. The van der Waals surface area contributed by atoms with Gasteiger partial charge in [-0.15, -0.1) is 18.4 Å². The zero-order valence-corrected chi connectivity index (χ0v) is 11.0. The van der Waals surface area contributed by atoms with Crippen LogP contribution in [0.4, 0.5) is 0 Å². The molecule has 0 aromatic heterocycles. The number of rotatable bonds is 4. The Morgan fingerprint density at radius 1 is 1.24 bits per heavy atom. The molecule has 0 aliphatic heterocycles. The van der Waals surface area contributed by atoms with Crippen molar-refractivity contribution in [2.24, 2.45) is 0 Å². The summed E-state index contributed by atoms with van der Waals surface area (Å²) in [6.45, 7) is 1.53. The van der Waals surface area contributed by atoms with Gasteiger partial charge in [0.05, 0.1) is 6.54 Å². The Bertz CT molecular complexity index is 496. The summed E-state index contributed by atoms with van der Waals surface area (Å²) in [5.74, 6) is 0. The maximum Gasteiger partial charge on any atom is 0.133 e. The van der Waals surface area contributed by atoms with Crippen molar-refractivity contribution < 1.29 is 0 Å². The van der Waals surface area contributed by atoms with E-state index in [4.69, 9.17) is 12.2 Å². The van der Waals surface area contributed by atoms with E-state index in [0.29, 0.717) is 4.32 Å². The summed E-state index contributed by atoms with van der Waals surface area (Å²) in [5.41, 5.74) is 5.54. The number of hydrogen-bond donors (Lipinski definition) is 1. The van der Waals surface area contributed by atoms with E-state index in [1.165, 1.54) is 5.56 Å². The number of allylic oxidation sites excluding steroid dienone is 1. The lowest BCUT2D eigenvalue weighted by molar-refractivity contribution is 0.466. The van der Waals surface area contributed by atoms with Crippen LogP contribution in [0.1, 0.15) is 5.56 Å². The first-order valence-corrected chi connectivity index (χ1v) is 6.25. The van der Waals surface area contributed by atoms with Gasteiger partial charge in [0.1, 0.15) is 4.32 Å². The lowest BCUT2D eigenvalue weighted by Crippen LogP contribution is -2.27. The van der Waals surface area contributed by atoms with Crippen LogP contribution in [0.3, 0.4) is 0 Å². The number of thiol groups is 1. The second kappa shape index (κ2) is 5.87. The van der Waals surface area contributed by atoms with Gasteiger partial charge >= 0.3 is 0 Å². The minimum absolute atomic E-state index is 0.614. The summed E-state index contributed by atoms with van der Waals surface area (Å²) in [6.07, 6.45) is 5.94. The molecule has 1 aliphatic carbocycles. The van der Waals surface area contributed by atoms with Crippen LogP contribution in [0.2, 0.25) is 0 Å². The number of hydrogen-bond acceptors (Lipinski definition) is 1. The molecule has 0 saturated heterocycles. The Morgan fingerprint density at radius 3 is 2.59 bits per heavy atom. The third-order valence-electron chi connectivity index (χ3n) is 2.51. The Hall–Kier alpha value is -1.28. The number of thiocarbonyl (C=S) groups is 1. The molecular weight excluding hydrogens is 246 g/mol. The molecule has 17 heavy (non-hydrogen) atoms. The van der Waals surface area contributed by atoms with E-state index in [-0.39, 0.29) is 0 Å². The number of benzene rings is 1. The van der Waals surface area contributed by atoms with Crippen LogP contribution in [-0.4, -0.2) is 15.8 Å². The molecule has 2 rings (SSSR count). The molecule has 0 amide bonds. The van der Waals surface area contributed by atoms with Crippen LogP contribution in [0.25, 0.3) is 0 Å². The van der Waals surface area contributed by atoms with Gasteiger partial charge in [-0.1, -0.05) is 48.6 Å². The fraction of sp³-hybridized carbons (Fsp3) is 0.143. The molecule has 3 heteroatoms. The highest BCUT2D eigenvalue weighted by Gasteiger charge is 2.09. The molecule has 0 fully saturated rings. The monoisotopic (exact) mass is 259 g/mol. The quantitative estimate of drug-likeness (QED) is 0.502. The Balaban J connectivity index is 2.05. The lowest BCUT2D eigenvalue weighted by Gasteiger charge is -2.22. The Kier molecular flexibility index (Phi) is 4.21. The van der Waals surface area contributed by atoms with E-state index in [9.17, 15) is 0 Å². The fourth-order valence-corrected chi connectivity index (χ4v) is 1.94. The molecule has 0 N–H and O–H groups in total. The summed E-state index contributed by atoms with van der Waals surface area (Å²) >= 11 is 9.44. The van der Waals surface area contributed by atoms with Crippen LogP contribution in [-0.2, 0) is 6.54 Å². The highest BCUT2D eigenvalue weighted by molar-refractivity contribution is 8.10. The van der Waals surface area contributed by atoms with Gasteiger partial charge in [-0.2, -0.15) is 0 Å². The van der Waals surface area contributed by atoms with Crippen molar-refractivity contribution in [3.63, 3.8) is 0 Å². The van der Waals surface area contributed by atoms with Gasteiger partial charge in [0.2, 0.25) is 0 Å². The maximum absolute atomic E-state index is 5.17. The minimum Gasteiger partial charge on any atom is -0.348 e. The lowest BCUT2D eigenvalue weighted by atomic mass is 10.2. The van der Waals surface area contributed by atoms with Gasteiger partial charge in [0.15, 0.2) is 0 Å². The highest BCUT2D eigenvalue weighted by Crippen LogP contribution is 2.12. The van der Waals surface area contributed by atoms with Crippen molar-refractivity contribution in [2.45, 2.75) is 6.54 Å². The normalized spacial score (nSPS) is 12.6. The molecule has 0 saturated carbocycles. The van der Waals surface area contributed by atoms with E-state index >= 15 is 0 Å². The average molecular weight is 259 g/mol.